The van der Waals surface area contributed by atoms with Gasteiger partial charge in [-0.3, -0.25) is 9.89 Å². The van der Waals surface area contributed by atoms with Crippen LogP contribution in [0, 0.1) is 0 Å². The molecule has 0 unspecified atom stereocenters. The van der Waals surface area contributed by atoms with Crippen molar-refractivity contribution in [3.05, 3.63) is 17.5 Å². The van der Waals surface area contributed by atoms with Crippen LogP contribution < -0.4 is 10.6 Å². The smallest absolute Gasteiger partial charge is 0.271 e. The van der Waals surface area contributed by atoms with Gasteiger partial charge < -0.3 is 15.7 Å². The van der Waals surface area contributed by atoms with Crippen LogP contribution >= 0.6 is 0 Å². The molecule has 0 radical (unpaired) electrons. The zero-order valence-corrected chi connectivity index (χ0v) is 9.70. The average Bonchev–Trinajstić information content (AvgIpc) is 2.86. The summed E-state index contributed by atoms with van der Waals surface area (Å²) in [4.78, 5) is 11.6. The van der Waals surface area contributed by atoms with Gasteiger partial charge >= 0.3 is 0 Å². The molecule has 0 saturated carbocycles. The minimum atomic E-state index is -0.245. The second kappa shape index (κ2) is 5.79. The van der Waals surface area contributed by atoms with E-state index >= 15 is 0 Å². The molecule has 1 amide bonds. The zero-order valence-electron chi connectivity index (χ0n) is 9.70. The highest BCUT2D eigenvalue weighted by Gasteiger charge is 2.19. The third-order valence-corrected chi connectivity index (χ3v) is 2.96. The number of H-pyrrole nitrogens is 1. The minimum absolute atomic E-state index is 0.0600. The molecular weight excluding hydrogens is 220 g/mol. The summed E-state index contributed by atoms with van der Waals surface area (Å²) in [5, 5.41) is 21.4. The van der Waals surface area contributed by atoms with Gasteiger partial charge in [-0.05, 0) is 25.5 Å². The van der Waals surface area contributed by atoms with Gasteiger partial charge in [0.25, 0.3) is 5.91 Å². The van der Waals surface area contributed by atoms with Gasteiger partial charge in [0.15, 0.2) is 0 Å². The first-order valence-corrected chi connectivity index (χ1v) is 5.96. The van der Waals surface area contributed by atoms with Crippen LogP contribution in [0.25, 0.3) is 0 Å². The number of carbonyl (C=O) groups excluding carboxylic acids is 1. The van der Waals surface area contributed by atoms with E-state index < -0.39 is 0 Å². The Morgan fingerprint density at radius 1 is 1.65 bits per heavy atom. The fraction of sp³-hybridized carbons (Fsp3) is 0.636. The van der Waals surface area contributed by atoms with Crippen LogP contribution in [0.4, 0.5) is 0 Å². The minimum Gasteiger partial charge on any atom is -0.395 e. The van der Waals surface area contributed by atoms with Crippen molar-refractivity contribution in [2.75, 3.05) is 26.2 Å². The molecule has 94 valence electrons. The fourth-order valence-electron chi connectivity index (χ4n) is 2.04. The van der Waals surface area contributed by atoms with E-state index in [1.807, 2.05) is 0 Å². The maximum Gasteiger partial charge on any atom is 0.271 e. The molecule has 0 bridgehead atoms. The van der Waals surface area contributed by atoms with E-state index in [9.17, 15) is 4.79 Å². The summed E-state index contributed by atoms with van der Waals surface area (Å²) in [5.74, 6) is 0.168. The van der Waals surface area contributed by atoms with E-state index in [-0.39, 0.29) is 19.1 Å². The quantitative estimate of drug-likeness (QED) is 0.574. The van der Waals surface area contributed by atoms with Crippen molar-refractivity contribution in [2.24, 2.45) is 0 Å². The van der Waals surface area contributed by atoms with Crippen LogP contribution in [0.5, 0.6) is 0 Å². The van der Waals surface area contributed by atoms with Crippen LogP contribution in [-0.2, 0) is 0 Å². The summed E-state index contributed by atoms with van der Waals surface area (Å²) >= 11 is 0. The molecule has 1 aromatic rings. The standard InChI is InChI=1S/C11H18N4O2/c16-5-4-13-11(17)10-6-9(14-15-10)8-2-1-3-12-7-8/h6,8,12,16H,1-5,7H2,(H,13,17)(H,14,15)/t8-/m0/s1. The molecule has 0 aliphatic carbocycles. The van der Waals surface area contributed by atoms with Gasteiger partial charge in [0.2, 0.25) is 0 Å². The number of aliphatic hydroxyl groups excluding tert-OH is 1. The molecule has 1 aliphatic rings. The number of aliphatic hydroxyl groups is 1. The first kappa shape index (κ1) is 12.1. The lowest BCUT2D eigenvalue weighted by Crippen LogP contribution is -2.28. The number of carbonyl (C=O) groups is 1. The molecule has 6 heteroatoms. The Balaban J connectivity index is 1.97. The summed E-state index contributed by atoms with van der Waals surface area (Å²) < 4.78 is 0. The van der Waals surface area contributed by atoms with Crippen LogP contribution in [-0.4, -0.2) is 47.5 Å². The second-order valence-corrected chi connectivity index (χ2v) is 4.23. The number of aromatic amines is 1. The molecule has 1 atom stereocenters. The van der Waals surface area contributed by atoms with Crippen molar-refractivity contribution in [1.29, 1.82) is 0 Å². The van der Waals surface area contributed by atoms with Crippen molar-refractivity contribution < 1.29 is 9.90 Å². The van der Waals surface area contributed by atoms with Gasteiger partial charge in [-0.1, -0.05) is 0 Å². The molecule has 17 heavy (non-hydrogen) atoms. The monoisotopic (exact) mass is 238 g/mol. The number of rotatable bonds is 4. The molecule has 1 fully saturated rings. The van der Waals surface area contributed by atoms with Crippen LogP contribution in [0.1, 0.15) is 34.9 Å². The Kier molecular flexibility index (Phi) is 4.11. The summed E-state index contributed by atoms with van der Waals surface area (Å²) in [7, 11) is 0. The zero-order chi connectivity index (χ0) is 12.1. The molecule has 4 N–H and O–H groups in total. The average molecular weight is 238 g/mol. The van der Waals surface area contributed by atoms with E-state index in [0.717, 1.165) is 31.6 Å². The maximum atomic E-state index is 11.6. The van der Waals surface area contributed by atoms with Crippen molar-refractivity contribution in [3.8, 4) is 0 Å². The Labute approximate surface area is 99.8 Å². The lowest BCUT2D eigenvalue weighted by atomic mass is 9.96. The van der Waals surface area contributed by atoms with Crippen molar-refractivity contribution in [1.82, 2.24) is 20.8 Å². The number of amides is 1. The Bertz CT molecular complexity index is 371. The maximum absolute atomic E-state index is 11.6. The van der Waals surface area contributed by atoms with Gasteiger partial charge in [-0.25, -0.2) is 0 Å². The third-order valence-electron chi connectivity index (χ3n) is 2.96. The highest BCUT2D eigenvalue weighted by molar-refractivity contribution is 5.92. The van der Waals surface area contributed by atoms with Crippen LogP contribution in [0.15, 0.2) is 6.07 Å². The van der Waals surface area contributed by atoms with E-state index in [0.29, 0.717) is 11.6 Å². The molecule has 0 aromatic carbocycles. The molecule has 0 spiro atoms. The van der Waals surface area contributed by atoms with Gasteiger partial charge in [0, 0.05) is 24.7 Å². The van der Waals surface area contributed by atoms with Crippen molar-refractivity contribution in [2.45, 2.75) is 18.8 Å². The molecule has 1 saturated heterocycles. The molecule has 6 nitrogen and oxygen atoms in total. The number of nitrogens with zero attached hydrogens (tertiary/aromatic N) is 1. The van der Waals surface area contributed by atoms with Gasteiger partial charge in [-0.2, -0.15) is 5.10 Å². The number of hydrogen-bond acceptors (Lipinski definition) is 4. The highest BCUT2D eigenvalue weighted by atomic mass is 16.3. The molecule has 2 heterocycles. The first-order chi connectivity index (χ1) is 8.31. The summed E-state index contributed by atoms with van der Waals surface area (Å²) in [6, 6.07) is 1.80. The van der Waals surface area contributed by atoms with Crippen molar-refractivity contribution in [3.63, 3.8) is 0 Å². The van der Waals surface area contributed by atoms with E-state index in [4.69, 9.17) is 5.11 Å². The first-order valence-electron chi connectivity index (χ1n) is 5.96. The summed E-state index contributed by atoms with van der Waals surface area (Å²) in [5.41, 5.74) is 1.39. The topological polar surface area (TPSA) is 90.0 Å². The van der Waals surface area contributed by atoms with Gasteiger partial charge in [0.1, 0.15) is 5.69 Å². The lowest BCUT2D eigenvalue weighted by Gasteiger charge is -2.21. The number of nitrogens with one attached hydrogen (secondary N) is 3. The molecular formula is C11H18N4O2. The Morgan fingerprint density at radius 2 is 2.53 bits per heavy atom. The molecule has 1 aromatic heterocycles. The van der Waals surface area contributed by atoms with E-state index in [1.165, 1.54) is 0 Å². The van der Waals surface area contributed by atoms with Crippen LogP contribution in [0.3, 0.4) is 0 Å². The van der Waals surface area contributed by atoms with E-state index in [1.54, 1.807) is 6.07 Å². The van der Waals surface area contributed by atoms with Gasteiger partial charge in [-0.15, -0.1) is 0 Å². The van der Waals surface area contributed by atoms with E-state index in [2.05, 4.69) is 20.8 Å². The number of aromatic nitrogens is 2. The Morgan fingerprint density at radius 3 is 3.24 bits per heavy atom. The predicted octanol–water partition coefficient (Wildman–Crippen LogP) is -0.401. The fourth-order valence-corrected chi connectivity index (χ4v) is 2.04. The third kappa shape index (κ3) is 3.04. The molecule has 1 aliphatic heterocycles. The number of piperidine rings is 1. The Hall–Kier alpha value is -1.40. The summed E-state index contributed by atoms with van der Waals surface area (Å²) in [6.07, 6.45) is 2.27. The second-order valence-electron chi connectivity index (χ2n) is 4.23. The SMILES string of the molecule is O=C(NCCO)c1cc([C@H]2CCCNC2)[nH]n1. The normalized spacial score (nSPS) is 20.2. The highest BCUT2D eigenvalue weighted by Crippen LogP contribution is 2.21. The summed E-state index contributed by atoms with van der Waals surface area (Å²) in [6.45, 7) is 2.19. The van der Waals surface area contributed by atoms with Crippen molar-refractivity contribution >= 4 is 5.91 Å². The predicted molar refractivity (Wildman–Crippen MR) is 62.9 cm³/mol. The lowest BCUT2D eigenvalue weighted by molar-refractivity contribution is 0.0940. The number of hydrogen-bond donors (Lipinski definition) is 4. The molecule has 2 rings (SSSR count). The van der Waals surface area contributed by atoms with Gasteiger partial charge in [0.05, 0.1) is 6.61 Å². The largest absolute Gasteiger partial charge is 0.395 e. The van der Waals surface area contributed by atoms with Crippen LogP contribution in [0.2, 0.25) is 0 Å².